The van der Waals surface area contributed by atoms with E-state index in [2.05, 4.69) is 0 Å². The van der Waals surface area contributed by atoms with Crippen molar-refractivity contribution < 1.29 is 31.1 Å². The third kappa shape index (κ3) is 5.71. The predicted octanol–water partition coefficient (Wildman–Crippen LogP) is 4.28. The summed E-state index contributed by atoms with van der Waals surface area (Å²) >= 11 is 1.46. The number of hydrogen-bond donors (Lipinski definition) is 0. The van der Waals surface area contributed by atoms with E-state index in [0.29, 0.717) is 37.1 Å². The Hall–Kier alpha value is -2.83. The van der Waals surface area contributed by atoms with E-state index in [4.69, 9.17) is 14.5 Å². The summed E-state index contributed by atoms with van der Waals surface area (Å²) in [6.45, 7) is 1.08. The number of rotatable bonds is 7. The first kappa shape index (κ1) is 25.3. The van der Waals surface area contributed by atoms with Crippen molar-refractivity contribution in [1.29, 1.82) is 0 Å². The van der Waals surface area contributed by atoms with Crippen molar-refractivity contribution in [2.75, 3.05) is 45.3 Å². The van der Waals surface area contributed by atoms with Gasteiger partial charge in [-0.2, -0.15) is 17.5 Å². The molecule has 0 atom stereocenters. The van der Waals surface area contributed by atoms with Crippen LogP contribution < -0.4 is 14.4 Å². The molecule has 0 radical (unpaired) electrons. The lowest BCUT2D eigenvalue weighted by Gasteiger charge is -2.33. The second kappa shape index (κ2) is 10.0. The minimum Gasteiger partial charge on any atom is -0.497 e. The quantitative estimate of drug-likeness (QED) is 0.457. The summed E-state index contributed by atoms with van der Waals surface area (Å²) in [6.07, 6.45) is -4.03. The van der Waals surface area contributed by atoms with Crippen molar-refractivity contribution in [2.45, 2.75) is 17.5 Å². The number of hydrogen-bond acceptors (Lipinski definition) is 7. The molecule has 1 aliphatic rings. The van der Waals surface area contributed by atoms with Crippen LogP contribution in [-0.4, -0.2) is 58.1 Å². The fraction of sp³-hybridized carbons (Fsp3) is 0.348. The van der Waals surface area contributed by atoms with Crippen LogP contribution in [0.2, 0.25) is 0 Å². The summed E-state index contributed by atoms with van der Waals surface area (Å²) < 4.78 is 76.8. The van der Waals surface area contributed by atoms with Gasteiger partial charge in [0.05, 0.1) is 30.4 Å². The summed E-state index contributed by atoms with van der Waals surface area (Å²) in [5.74, 6) is 1.38. The second-order valence-corrected chi connectivity index (χ2v) is 10.7. The van der Waals surface area contributed by atoms with Crippen LogP contribution in [0, 0.1) is 0 Å². The molecule has 1 aliphatic heterocycles. The average Bonchev–Trinajstić information content (AvgIpc) is 3.31. The Bertz CT molecular complexity index is 1260. The first-order chi connectivity index (χ1) is 16.6. The molecule has 35 heavy (non-hydrogen) atoms. The molecule has 7 nitrogen and oxygen atoms in total. The second-order valence-electron chi connectivity index (χ2n) is 7.94. The van der Waals surface area contributed by atoms with Gasteiger partial charge in [0, 0.05) is 44.0 Å². The van der Waals surface area contributed by atoms with Crippen molar-refractivity contribution >= 4 is 26.5 Å². The molecule has 1 aromatic heterocycles. The predicted molar refractivity (Wildman–Crippen MR) is 127 cm³/mol. The van der Waals surface area contributed by atoms with E-state index < -0.39 is 21.8 Å². The number of sulfonamides is 1. The molecule has 0 unspecified atom stereocenters. The summed E-state index contributed by atoms with van der Waals surface area (Å²) in [5, 5.41) is 2.72. The highest BCUT2D eigenvalue weighted by Crippen LogP contribution is 2.32. The minimum atomic E-state index is -4.61. The molecule has 0 aliphatic carbocycles. The normalized spacial score (nSPS) is 15.3. The maximum atomic E-state index is 13.0. The Labute approximate surface area is 205 Å². The fourth-order valence-corrected chi connectivity index (χ4v) is 6.15. The molecular formula is C23H24F3N3O4S2. The molecule has 1 saturated heterocycles. The monoisotopic (exact) mass is 527 g/mol. The number of benzene rings is 2. The number of methoxy groups -OCH3 is 2. The molecule has 4 rings (SSSR count). The van der Waals surface area contributed by atoms with Crippen LogP contribution >= 0.6 is 11.3 Å². The summed E-state index contributed by atoms with van der Waals surface area (Å²) in [7, 11) is -0.854. The van der Waals surface area contributed by atoms with Crippen molar-refractivity contribution in [3.05, 3.63) is 64.7 Å². The Morgan fingerprint density at radius 2 is 1.66 bits per heavy atom. The highest BCUT2D eigenvalue weighted by Gasteiger charge is 2.34. The Morgan fingerprint density at radius 1 is 1.00 bits per heavy atom. The number of anilines is 1. The molecule has 0 amide bonds. The minimum absolute atomic E-state index is 0.153. The van der Waals surface area contributed by atoms with E-state index in [-0.39, 0.29) is 18.0 Å². The van der Waals surface area contributed by atoms with Crippen molar-refractivity contribution in [1.82, 2.24) is 9.29 Å². The summed E-state index contributed by atoms with van der Waals surface area (Å²) in [5.41, 5.74) is 0.857. The third-order valence-electron chi connectivity index (χ3n) is 5.64. The van der Waals surface area contributed by atoms with Crippen LogP contribution in [0.1, 0.15) is 16.8 Å². The zero-order chi connectivity index (χ0) is 25.2. The van der Waals surface area contributed by atoms with E-state index in [9.17, 15) is 21.6 Å². The number of halogens is 3. The molecule has 188 valence electrons. The molecule has 2 aromatic carbocycles. The van der Waals surface area contributed by atoms with Crippen LogP contribution in [0.25, 0.3) is 0 Å². The Balaban J connectivity index is 1.42. The number of alkyl halides is 3. The summed E-state index contributed by atoms with van der Waals surface area (Å²) in [6, 6.07) is 9.47. The smallest absolute Gasteiger partial charge is 0.416 e. The van der Waals surface area contributed by atoms with Gasteiger partial charge in [-0.15, -0.1) is 11.3 Å². The zero-order valence-corrected chi connectivity index (χ0v) is 20.7. The van der Waals surface area contributed by atoms with Crippen LogP contribution in [-0.2, 0) is 22.6 Å². The maximum Gasteiger partial charge on any atom is 0.416 e. The van der Waals surface area contributed by atoms with E-state index in [1.165, 1.54) is 21.7 Å². The molecule has 0 spiro atoms. The summed E-state index contributed by atoms with van der Waals surface area (Å²) in [4.78, 5) is 6.32. The molecule has 0 saturated carbocycles. The van der Waals surface area contributed by atoms with E-state index in [1.807, 2.05) is 22.4 Å². The van der Waals surface area contributed by atoms with E-state index in [1.54, 1.807) is 20.3 Å². The van der Waals surface area contributed by atoms with Crippen LogP contribution in [0.5, 0.6) is 11.5 Å². The van der Waals surface area contributed by atoms with E-state index in [0.717, 1.165) is 28.5 Å². The Morgan fingerprint density at radius 3 is 2.26 bits per heavy atom. The molecule has 0 bridgehead atoms. The van der Waals surface area contributed by atoms with Gasteiger partial charge >= 0.3 is 6.18 Å². The van der Waals surface area contributed by atoms with Gasteiger partial charge in [0.25, 0.3) is 0 Å². The maximum absolute atomic E-state index is 13.0. The first-order valence-corrected chi connectivity index (χ1v) is 13.0. The molecule has 12 heteroatoms. The van der Waals surface area contributed by atoms with E-state index >= 15 is 0 Å². The van der Waals surface area contributed by atoms with Crippen molar-refractivity contribution in [3.63, 3.8) is 0 Å². The van der Waals surface area contributed by atoms with Gasteiger partial charge in [0.2, 0.25) is 10.0 Å². The number of ether oxygens (including phenoxy) is 2. The number of piperazine rings is 1. The lowest BCUT2D eigenvalue weighted by molar-refractivity contribution is -0.137. The van der Waals surface area contributed by atoms with Crippen molar-refractivity contribution in [3.8, 4) is 11.5 Å². The third-order valence-corrected chi connectivity index (χ3v) is 8.49. The molecule has 1 fully saturated rings. The van der Waals surface area contributed by atoms with Crippen LogP contribution in [0.15, 0.2) is 52.7 Å². The standard InChI is InChI=1S/C23H24F3N3O4S2/c1-32-19-11-16(12-20(14-19)33-2)10-18-15-34-22(27-18)28-6-8-29(9-7-28)35(30,31)21-5-3-4-17(13-21)23(24,25)26/h3-5,11-15H,6-10H2,1-2H3. The molecule has 2 heterocycles. The van der Waals surface area contributed by atoms with Gasteiger partial charge in [-0.05, 0) is 35.9 Å². The zero-order valence-electron chi connectivity index (χ0n) is 19.1. The molecular weight excluding hydrogens is 503 g/mol. The molecule has 3 aromatic rings. The van der Waals surface area contributed by atoms with Gasteiger partial charge in [-0.1, -0.05) is 6.07 Å². The SMILES string of the molecule is COc1cc(Cc2csc(N3CCN(S(=O)(=O)c4cccc(C(F)(F)F)c4)CC3)n2)cc(OC)c1. The van der Waals surface area contributed by atoms with Gasteiger partial charge in [0.15, 0.2) is 5.13 Å². The first-order valence-electron chi connectivity index (χ1n) is 10.7. The van der Waals surface area contributed by atoms with Gasteiger partial charge in [-0.3, -0.25) is 0 Å². The van der Waals surface area contributed by atoms with Gasteiger partial charge in [0.1, 0.15) is 11.5 Å². The Kier molecular flexibility index (Phi) is 7.25. The number of nitrogens with zero attached hydrogens (tertiary/aromatic N) is 3. The van der Waals surface area contributed by atoms with Crippen LogP contribution in [0.4, 0.5) is 18.3 Å². The number of aromatic nitrogens is 1. The lowest BCUT2D eigenvalue weighted by atomic mass is 10.1. The highest BCUT2D eigenvalue weighted by molar-refractivity contribution is 7.89. The highest BCUT2D eigenvalue weighted by atomic mass is 32.2. The van der Waals surface area contributed by atoms with Gasteiger partial charge in [-0.25, -0.2) is 13.4 Å². The van der Waals surface area contributed by atoms with Crippen LogP contribution in [0.3, 0.4) is 0 Å². The average molecular weight is 528 g/mol. The van der Waals surface area contributed by atoms with Gasteiger partial charge < -0.3 is 14.4 Å². The molecule has 0 N–H and O–H groups in total. The largest absolute Gasteiger partial charge is 0.497 e. The van der Waals surface area contributed by atoms with Crippen molar-refractivity contribution in [2.24, 2.45) is 0 Å². The fourth-order valence-electron chi connectivity index (χ4n) is 3.80. The number of thiazole rings is 1. The lowest BCUT2D eigenvalue weighted by Crippen LogP contribution is -2.48. The topological polar surface area (TPSA) is 72.0 Å².